The number of rotatable bonds is 8. The van der Waals surface area contributed by atoms with Crippen molar-refractivity contribution in [3.05, 3.63) is 77.2 Å². The maximum atomic E-state index is 14.4. The van der Waals surface area contributed by atoms with Crippen molar-refractivity contribution in [1.29, 1.82) is 0 Å². The van der Waals surface area contributed by atoms with Crippen LogP contribution in [0, 0.1) is 11.7 Å². The SMILES string of the molecule is COc1ccc(F)c(-c2ccc3c(n2)CC[C@H]3Oc2cccc(C(CC(=O)O)C3CC3)c2)c1. The number of halogens is 1. The Hall–Kier alpha value is -3.41. The largest absolute Gasteiger partial charge is 0.497 e. The summed E-state index contributed by atoms with van der Waals surface area (Å²) < 4.78 is 25.9. The molecule has 1 heterocycles. The molecule has 2 atom stereocenters. The monoisotopic (exact) mass is 447 g/mol. The molecule has 2 aliphatic carbocycles. The second kappa shape index (κ2) is 8.85. The second-order valence-electron chi connectivity index (χ2n) is 8.84. The molecule has 170 valence electrons. The van der Waals surface area contributed by atoms with Crippen LogP contribution in [-0.2, 0) is 11.2 Å². The van der Waals surface area contributed by atoms with Crippen LogP contribution >= 0.6 is 0 Å². The standard InChI is InChI=1S/C27H26FNO4/c1-32-18-7-9-23(28)22(14-18)25-10-8-20-24(29-25)11-12-26(20)33-19-4-2-3-17(13-19)21(15-27(30)31)16-5-6-16/h2-4,7-10,13-14,16,21,26H,5-6,11-12,15H2,1H3,(H,30,31)/t21?,26-/m1/s1. The Morgan fingerprint density at radius 2 is 1.97 bits per heavy atom. The Balaban J connectivity index is 1.36. The van der Waals surface area contributed by atoms with E-state index >= 15 is 0 Å². The second-order valence-corrected chi connectivity index (χ2v) is 8.84. The molecule has 2 aliphatic rings. The molecule has 5 rings (SSSR count). The van der Waals surface area contributed by atoms with E-state index in [2.05, 4.69) is 0 Å². The van der Waals surface area contributed by atoms with E-state index in [4.69, 9.17) is 14.5 Å². The van der Waals surface area contributed by atoms with Crippen molar-refractivity contribution in [3.8, 4) is 22.8 Å². The normalized spacial score (nSPS) is 17.9. The van der Waals surface area contributed by atoms with E-state index in [1.165, 1.54) is 6.07 Å². The van der Waals surface area contributed by atoms with Gasteiger partial charge in [0.25, 0.3) is 0 Å². The average Bonchev–Trinajstić information content (AvgIpc) is 3.59. The van der Waals surface area contributed by atoms with Crippen LogP contribution in [0.5, 0.6) is 11.5 Å². The van der Waals surface area contributed by atoms with Gasteiger partial charge in [-0.25, -0.2) is 4.39 Å². The predicted molar refractivity (Wildman–Crippen MR) is 122 cm³/mol. The highest BCUT2D eigenvalue weighted by Gasteiger charge is 2.34. The van der Waals surface area contributed by atoms with Gasteiger partial charge in [-0.15, -0.1) is 0 Å². The predicted octanol–water partition coefficient (Wildman–Crippen LogP) is 5.93. The van der Waals surface area contributed by atoms with Crippen molar-refractivity contribution >= 4 is 5.97 Å². The van der Waals surface area contributed by atoms with Gasteiger partial charge < -0.3 is 14.6 Å². The number of benzene rings is 2. The number of aryl methyl sites for hydroxylation is 1. The quantitative estimate of drug-likeness (QED) is 0.463. The van der Waals surface area contributed by atoms with Crippen LogP contribution in [0.4, 0.5) is 4.39 Å². The Kier molecular flexibility index (Phi) is 5.75. The molecule has 1 fully saturated rings. The third-order valence-corrected chi connectivity index (χ3v) is 6.60. The zero-order valence-corrected chi connectivity index (χ0v) is 18.5. The average molecular weight is 448 g/mol. The minimum Gasteiger partial charge on any atom is -0.497 e. The molecule has 1 N–H and O–H groups in total. The number of ether oxygens (including phenoxy) is 2. The van der Waals surface area contributed by atoms with Crippen LogP contribution in [0.1, 0.15) is 54.5 Å². The fourth-order valence-electron chi connectivity index (χ4n) is 4.76. The van der Waals surface area contributed by atoms with Gasteiger partial charge in [0.05, 0.1) is 19.2 Å². The number of nitrogens with zero attached hydrogens (tertiary/aromatic N) is 1. The van der Waals surface area contributed by atoms with E-state index in [1.807, 2.05) is 36.4 Å². The third kappa shape index (κ3) is 4.56. The first-order valence-corrected chi connectivity index (χ1v) is 11.3. The number of fused-ring (bicyclic) bond motifs is 1. The highest BCUT2D eigenvalue weighted by atomic mass is 19.1. The van der Waals surface area contributed by atoms with Crippen LogP contribution in [0.2, 0.25) is 0 Å². The lowest BCUT2D eigenvalue weighted by Gasteiger charge is -2.18. The highest BCUT2D eigenvalue weighted by molar-refractivity contribution is 5.68. The topological polar surface area (TPSA) is 68.7 Å². The fourth-order valence-corrected chi connectivity index (χ4v) is 4.76. The van der Waals surface area contributed by atoms with E-state index in [0.717, 1.165) is 48.3 Å². The third-order valence-electron chi connectivity index (χ3n) is 6.60. The lowest BCUT2D eigenvalue weighted by molar-refractivity contribution is -0.137. The molecule has 5 nitrogen and oxygen atoms in total. The summed E-state index contributed by atoms with van der Waals surface area (Å²) in [6, 6.07) is 16.3. The van der Waals surface area contributed by atoms with Crippen molar-refractivity contribution in [2.75, 3.05) is 7.11 Å². The molecule has 0 amide bonds. The zero-order chi connectivity index (χ0) is 22.9. The van der Waals surface area contributed by atoms with Crippen molar-refractivity contribution < 1.29 is 23.8 Å². The first kappa shape index (κ1) is 21.4. The van der Waals surface area contributed by atoms with E-state index in [9.17, 15) is 14.3 Å². The lowest BCUT2D eigenvalue weighted by atomic mass is 9.91. The van der Waals surface area contributed by atoms with E-state index in [-0.39, 0.29) is 24.3 Å². The summed E-state index contributed by atoms with van der Waals surface area (Å²) in [7, 11) is 1.55. The maximum Gasteiger partial charge on any atom is 0.303 e. The molecule has 0 aliphatic heterocycles. The summed E-state index contributed by atoms with van der Waals surface area (Å²) in [5.74, 6) is 0.702. The van der Waals surface area contributed by atoms with Gasteiger partial charge in [-0.1, -0.05) is 18.2 Å². The van der Waals surface area contributed by atoms with Crippen molar-refractivity contribution in [3.63, 3.8) is 0 Å². The molecule has 3 aromatic rings. The van der Waals surface area contributed by atoms with E-state index in [1.54, 1.807) is 19.2 Å². The number of aliphatic carboxylic acids is 1. The van der Waals surface area contributed by atoms with Crippen LogP contribution in [0.15, 0.2) is 54.6 Å². The van der Waals surface area contributed by atoms with Gasteiger partial charge in [0.2, 0.25) is 0 Å². The molecule has 33 heavy (non-hydrogen) atoms. The molecule has 6 heteroatoms. The molecule has 1 unspecified atom stereocenters. The minimum atomic E-state index is -0.766. The summed E-state index contributed by atoms with van der Waals surface area (Å²) in [6.07, 6.45) is 3.72. The fraction of sp³-hybridized carbons (Fsp3) is 0.333. The number of carboxylic acid groups (broad SMARTS) is 1. The summed E-state index contributed by atoms with van der Waals surface area (Å²) in [6.45, 7) is 0. The molecule has 1 saturated carbocycles. The Labute approximate surface area is 192 Å². The van der Waals surface area contributed by atoms with Gasteiger partial charge in [-0.3, -0.25) is 9.78 Å². The van der Waals surface area contributed by atoms with Crippen molar-refractivity contribution in [2.24, 2.45) is 5.92 Å². The number of methoxy groups -OCH3 is 1. The van der Waals surface area contributed by atoms with Crippen LogP contribution in [-0.4, -0.2) is 23.2 Å². The Morgan fingerprint density at radius 1 is 1.12 bits per heavy atom. The number of hydrogen-bond donors (Lipinski definition) is 1. The molecule has 0 saturated heterocycles. The smallest absolute Gasteiger partial charge is 0.303 e. The van der Waals surface area contributed by atoms with Gasteiger partial charge in [0, 0.05) is 16.8 Å². The van der Waals surface area contributed by atoms with Gasteiger partial charge in [0.15, 0.2) is 0 Å². The number of pyridine rings is 1. The van der Waals surface area contributed by atoms with E-state index in [0.29, 0.717) is 22.9 Å². The van der Waals surface area contributed by atoms with Gasteiger partial charge in [-0.05, 0) is 79.5 Å². The minimum absolute atomic E-state index is 0.0314. The number of hydrogen-bond acceptors (Lipinski definition) is 4. The zero-order valence-electron chi connectivity index (χ0n) is 18.5. The van der Waals surface area contributed by atoms with Crippen LogP contribution < -0.4 is 9.47 Å². The molecule has 1 aromatic heterocycles. The molecule has 0 spiro atoms. The summed E-state index contributed by atoms with van der Waals surface area (Å²) >= 11 is 0. The van der Waals surface area contributed by atoms with E-state index < -0.39 is 5.97 Å². The molecular weight excluding hydrogens is 421 g/mol. The van der Waals surface area contributed by atoms with Crippen LogP contribution in [0.3, 0.4) is 0 Å². The summed E-state index contributed by atoms with van der Waals surface area (Å²) in [5, 5.41) is 9.31. The molecule has 0 bridgehead atoms. The number of aromatic nitrogens is 1. The van der Waals surface area contributed by atoms with Crippen molar-refractivity contribution in [2.45, 2.75) is 44.1 Å². The molecular formula is C27H26FNO4. The summed E-state index contributed by atoms with van der Waals surface area (Å²) in [5.41, 5.74) is 3.94. The lowest BCUT2D eigenvalue weighted by Crippen LogP contribution is -2.09. The summed E-state index contributed by atoms with van der Waals surface area (Å²) in [4.78, 5) is 16.1. The first-order valence-electron chi connectivity index (χ1n) is 11.3. The highest BCUT2D eigenvalue weighted by Crippen LogP contribution is 2.45. The van der Waals surface area contributed by atoms with Crippen LogP contribution in [0.25, 0.3) is 11.3 Å². The first-order chi connectivity index (χ1) is 16.0. The van der Waals surface area contributed by atoms with Gasteiger partial charge in [0.1, 0.15) is 23.4 Å². The number of carbonyl (C=O) groups is 1. The molecule has 2 aromatic carbocycles. The Morgan fingerprint density at radius 3 is 2.73 bits per heavy atom. The Bertz CT molecular complexity index is 1190. The van der Waals surface area contributed by atoms with Gasteiger partial charge >= 0.3 is 5.97 Å². The van der Waals surface area contributed by atoms with Gasteiger partial charge in [-0.2, -0.15) is 0 Å². The number of carboxylic acids is 1. The molecule has 0 radical (unpaired) electrons. The maximum absolute atomic E-state index is 14.4. The van der Waals surface area contributed by atoms with Crippen molar-refractivity contribution in [1.82, 2.24) is 4.98 Å².